The Labute approximate surface area is 220 Å². The molecule has 0 aliphatic heterocycles. The largest absolute Gasteiger partial charge is 0.462 e. The van der Waals surface area contributed by atoms with E-state index in [0.717, 1.165) is 33.7 Å². The minimum Gasteiger partial charge on any atom is -0.462 e. The van der Waals surface area contributed by atoms with E-state index in [2.05, 4.69) is 27.7 Å². The highest BCUT2D eigenvalue weighted by Crippen LogP contribution is 2.43. The summed E-state index contributed by atoms with van der Waals surface area (Å²) < 4.78 is 12.3. The molecule has 0 radical (unpaired) electrons. The van der Waals surface area contributed by atoms with Gasteiger partial charge in [-0.2, -0.15) is 0 Å². The normalized spacial score (nSPS) is 13.6. The Balaban J connectivity index is 1.89. The van der Waals surface area contributed by atoms with E-state index in [-0.39, 0.29) is 19.0 Å². The van der Waals surface area contributed by atoms with Crippen molar-refractivity contribution in [2.24, 2.45) is 11.8 Å². The standard InChI is InChI=1S/C29H34O5S2/c1-17(2)11-19-13-21(15-30)33-28(19)25(23-7-5-9-35-23)27(32)26(24-8-6-10-36-24)29-20(12-18(3)4)14-22(16-31)34-29/h5-10,13-14,17-18,25-26,30-31H,11-12,15-16H2,1-4H3. The molecule has 0 fully saturated rings. The summed E-state index contributed by atoms with van der Waals surface area (Å²) >= 11 is 3.05. The number of aliphatic hydroxyl groups excluding tert-OH is 2. The maximum Gasteiger partial charge on any atom is 0.164 e. The van der Waals surface area contributed by atoms with E-state index in [1.54, 1.807) is 0 Å². The second-order valence-electron chi connectivity index (χ2n) is 10.0. The first-order chi connectivity index (χ1) is 17.3. The van der Waals surface area contributed by atoms with Crippen molar-refractivity contribution in [1.29, 1.82) is 0 Å². The number of hydrogen-bond donors (Lipinski definition) is 2. The first-order valence-corrected chi connectivity index (χ1v) is 14.1. The lowest BCUT2D eigenvalue weighted by Gasteiger charge is -2.21. The minimum absolute atomic E-state index is 0.0346. The Morgan fingerprint density at radius 2 is 1.19 bits per heavy atom. The number of aliphatic hydroxyl groups is 2. The van der Waals surface area contributed by atoms with E-state index < -0.39 is 11.8 Å². The fraction of sp³-hybridized carbons (Fsp3) is 0.414. The first-order valence-electron chi connectivity index (χ1n) is 12.4. The molecule has 0 saturated heterocycles. The van der Waals surface area contributed by atoms with Crippen molar-refractivity contribution in [3.8, 4) is 0 Å². The van der Waals surface area contributed by atoms with Crippen LogP contribution >= 0.6 is 22.7 Å². The van der Waals surface area contributed by atoms with Crippen molar-refractivity contribution in [3.63, 3.8) is 0 Å². The molecule has 192 valence electrons. The third kappa shape index (κ3) is 5.75. The zero-order valence-electron chi connectivity index (χ0n) is 21.2. The van der Waals surface area contributed by atoms with Crippen LogP contribution in [0.2, 0.25) is 0 Å². The SMILES string of the molecule is CC(C)Cc1cc(CO)oc1C(C(=O)C(c1cccs1)c1oc(CO)cc1CC(C)C)c1cccs1. The van der Waals surface area contributed by atoms with E-state index in [4.69, 9.17) is 8.83 Å². The zero-order valence-corrected chi connectivity index (χ0v) is 22.8. The lowest BCUT2D eigenvalue weighted by Crippen LogP contribution is -2.23. The molecule has 0 spiro atoms. The zero-order chi connectivity index (χ0) is 25.8. The molecule has 0 aliphatic rings. The Bertz CT molecular complexity index is 1150. The van der Waals surface area contributed by atoms with Crippen LogP contribution in [0.15, 0.2) is 56.0 Å². The van der Waals surface area contributed by atoms with Crippen LogP contribution in [0.25, 0.3) is 0 Å². The molecular formula is C29H34O5S2. The highest BCUT2D eigenvalue weighted by atomic mass is 32.1. The van der Waals surface area contributed by atoms with Gasteiger partial charge in [-0.1, -0.05) is 39.8 Å². The highest BCUT2D eigenvalue weighted by Gasteiger charge is 2.39. The van der Waals surface area contributed by atoms with Crippen molar-refractivity contribution in [3.05, 3.63) is 91.1 Å². The summed E-state index contributed by atoms with van der Waals surface area (Å²) in [6.07, 6.45) is 1.48. The molecule has 0 amide bonds. The van der Waals surface area contributed by atoms with Crippen LogP contribution in [0.3, 0.4) is 0 Å². The number of ketones is 1. The van der Waals surface area contributed by atoms with E-state index >= 15 is 0 Å². The fourth-order valence-corrected chi connectivity index (χ4v) is 6.38. The number of furan rings is 2. The van der Waals surface area contributed by atoms with Crippen LogP contribution in [0.4, 0.5) is 0 Å². The summed E-state index contributed by atoms with van der Waals surface area (Å²) in [6, 6.07) is 11.6. The molecule has 2 N–H and O–H groups in total. The molecule has 4 aromatic heterocycles. The van der Waals surface area contributed by atoms with Gasteiger partial charge >= 0.3 is 0 Å². The second-order valence-corrected chi connectivity index (χ2v) is 12.0. The lowest BCUT2D eigenvalue weighted by atomic mass is 9.83. The van der Waals surface area contributed by atoms with Gasteiger partial charge in [0.2, 0.25) is 0 Å². The van der Waals surface area contributed by atoms with Gasteiger partial charge in [0.25, 0.3) is 0 Å². The fourth-order valence-electron chi connectivity index (χ4n) is 4.72. The Kier molecular flexibility index (Phi) is 8.67. The molecule has 0 aliphatic carbocycles. The molecule has 0 bridgehead atoms. The summed E-state index contributed by atoms with van der Waals surface area (Å²) in [4.78, 5) is 16.5. The maximum atomic E-state index is 14.7. The molecule has 0 aromatic carbocycles. The number of hydrogen-bond acceptors (Lipinski definition) is 7. The number of Topliss-reactive ketones (excluding diaryl/α,β-unsaturated/α-hetero) is 1. The van der Waals surface area contributed by atoms with Gasteiger partial charge in [-0.25, -0.2) is 0 Å². The van der Waals surface area contributed by atoms with Crippen LogP contribution in [-0.4, -0.2) is 16.0 Å². The summed E-state index contributed by atoms with van der Waals surface area (Å²) in [6.45, 7) is 8.07. The van der Waals surface area contributed by atoms with Gasteiger partial charge in [0.05, 0.1) is 0 Å². The molecule has 4 rings (SSSR count). The van der Waals surface area contributed by atoms with Crippen molar-refractivity contribution in [1.82, 2.24) is 0 Å². The van der Waals surface area contributed by atoms with Crippen LogP contribution in [-0.2, 0) is 30.8 Å². The first kappa shape index (κ1) is 26.6. The quantitative estimate of drug-likeness (QED) is 0.210. The van der Waals surface area contributed by atoms with Crippen LogP contribution in [0.5, 0.6) is 0 Å². The predicted octanol–water partition coefficient (Wildman–Crippen LogP) is 6.91. The molecular weight excluding hydrogens is 492 g/mol. The average Bonchev–Trinajstić information content (AvgIpc) is 3.63. The van der Waals surface area contributed by atoms with E-state index in [9.17, 15) is 15.0 Å². The van der Waals surface area contributed by atoms with Gasteiger partial charge in [-0.15, -0.1) is 22.7 Å². The molecule has 0 saturated carbocycles. The second kappa shape index (κ2) is 11.7. The molecule has 7 heteroatoms. The number of rotatable bonds is 12. The Morgan fingerprint density at radius 3 is 1.50 bits per heavy atom. The van der Waals surface area contributed by atoms with Crippen molar-refractivity contribution in [2.45, 2.75) is 65.6 Å². The van der Waals surface area contributed by atoms with E-state index in [1.165, 1.54) is 22.7 Å². The Morgan fingerprint density at radius 1 is 0.778 bits per heavy atom. The smallest absolute Gasteiger partial charge is 0.164 e. The van der Waals surface area contributed by atoms with Gasteiger partial charge in [-0.05, 0) is 70.8 Å². The molecule has 2 atom stereocenters. The van der Waals surface area contributed by atoms with Gasteiger partial charge in [0.1, 0.15) is 48.1 Å². The van der Waals surface area contributed by atoms with Crippen molar-refractivity contribution >= 4 is 28.5 Å². The molecule has 36 heavy (non-hydrogen) atoms. The molecule has 4 heterocycles. The van der Waals surface area contributed by atoms with Crippen molar-refractivity contribution in [2.75, 3.05) is 0 Å². The van der Waals surface area contributed by atoms with Crippen molar-refractivity contribution < 1.29 is 23.8 Å². The highest BCUT2D eigenvalue weighted by molar-refractivity contribution is 7.10. The number of thiophene rings is 2. The van der Waals surface area contributed by atoms with Gasteiger partial charge < -0.3 is 19.0 Å². The summed E-state index contributed by atoms with van der Waals surface area (Å²) in [5.41, 5.74) is 1.90. The molecule has 4 aromatic rings. The van der Waals surface area contributed by atoms with E-state index in [0.29, 0.717) is 34.9 Å². The number of carbonyl (C=O) groups is 1. The van der Waals surface area contributed by atoms with Crippen LogP contribution in [0.1, 0.15) is 83.5 Å². The Hall–Kier alpha value is -2.45. The van der Waals surface area contributed by atoms with Gasteiger partial charge in [0.15, 0.2) is 5.78 Å². The molecule has 2 unspecified atom stereocenters. The van der Waals surface area contributed by atoms with Gasteiger partial charge in [-0.3, -0.25) is 4.79 Å². The summed E-state index contributed by atoms with van der Waals surface area (Å²) in [5.74, 6) is 1.52. The maximum absolute atomic E-state index is 14.7. The van der Waals surface area contributed by atoms with Crippen LogP contribution < -0.4 is 0 Å². The summed E-state index contributed by atoms with van der Waals surface area (Å²) in [5, 5.41) is 23.6. The van der Waals surface area contributed by atoms with E-state index in [1.807, 2.05) is 47.2 Å². The van der Waals surface area contributed by atoms with Gasteiger partial charge in [0, 0.05) is 9.75 Å². The monoisotopic (exact) mass is 526 g/mol. The molecule has 5 nitrogen and oxygen atoms in total. The average molecular weight is 527 g/mol. The number of carbonyl (C=O) groups excluding carboxylic acids is 1. The third-order valence-corrected chi connectivity index (χ3v) is 7.98. The predicted molar refractivity (Wildman–Crippen MR) is 144 cm³/mol. The lowest BCUT2D eigenvalue weighted by molar-refractivity contribution is -0.120. The summed E-state index contributed by atoms with van der Waals surface area (Å²) in [7, 11) is 0. The topological polar surface area (TPSA) is 83.8 Å². The third-order valence-electron chi connectivity index (χ3n) is 6.10. The minimum atomic E-state index is -0.638. The van der Waals surface area contributed by atoms with Crippen LogP contribution in [0, 0.1) is 11.8 Å².